The van der Waals surface area contributed by atoms with E-state index < -0.39 is 46.9 Å². The molecule has 1 unspecified atom stereocenters. The number of benzene rings is 2. The Hall–Kier alpha value is -3.64. The van der Waals surface area contributed by atoms with Crippen LogP contribution >= 0.6 is 11.6 Å². The molecule has 4 rings (SSSR count). The molecule has 0 bridgehead atoms. The minimum atomic E-state index is -5.09. The van der Waals surface area contributed by atoms with E-state index in [9.17, 15) is 35.9 Å². The summed E-state index contributed by atoms with van der Waals surface area (Å²) in [6, 6.07) is 7.41. The van der Waals surface area contributed by atoms with E-state index >= 15 is 0 Å². The molecule has 0 spiro atoms. The Bertz CT molecular complexity index is 1360. The van der Waals surface area contributed by atoms with Gasteiger partial charge in [0.15, 0.2) is 0 Å². The van der Waals surface area contributed by atoms with E-state index in [2.05, 4.69) is 25.5 Å². The van der Waals surface area contributed by atoms with Gasteiger partial charge in [-0.15, -0.1) is 4.67 Å². The minimum Gasteiger partial charge on any atom is -0.350 e. The highest BCUT2D eigenvalue weighted by Crippen LogP contribution is 2.36. The van der Waals surface area contributed by atoms with Gasteiger partial charge in [-0.05, 0) is 35.9 Å². The molecule has 14 heteroatoms. The summed E-state index contributed by atoms with van der Waals surface area (Å²) in [5, 5.41) is 8.82. The smallest absolute Gasteiger partial charge is 0.350 e. The van der Waals surface area contributed by atoms with Crippen molar-refractivity contribution in [1.82, 2.24) is 25.5 Å². The molecular weight excluding hydrogens is 576 g/mol. The van der Waals surface area contributed by atoms with E-state index in [1.165, 1.54) is 12.4 Å². The Kier molecular flexibility index (Phi) is 9.23. The number of alkyl halides is 6. The highest BCUT2D eigenvalue weighted by Gasteiger charge is 2.37. The number of carbonyl (C=O) groups excluding carboxylic acids is 2. The maximum atomic E-state index is 13.2. The van der Waals surface area contributed by atoms with Crippen LogP contribution in [0.3, 0.4) is 0 Å². The molecule has 0 aliphatic carbocycles. The van der Waals surface area contributed by atoms with Gasteiger partial charge in [0.2, 0.25) is 5.91 Å². The van der Waals surface area contributed by atoms with Gasteiger partial charge in [-0.25, -0.2) is 0 Å². The number of nitrogens with one attached hydrogen (secondary N) is 3. The molecule has 2 aromatic rings. The Balaban J connectivity index is 1.31. The normalized spacial score (nSPS) is 16.3. The van der Waals surface area contributed by atoms with Gasteiger partial charge in [-0.3, -0.25) is 14.5 Å². The molecule has 2 heterocycles. The van der Waals surface area contributed by atoms with Gasteiger partial charge in [-0.2, -0.15) is 26.3 Å². The molecule has 3 N–H and O–H groups in total. The zero-order valence-corrected chi connectivity index (χ0v) is 22.1. The molecule has 41 heavy (non-hydrogen) atoms. The highest BCUT2D eigenvalue weighted by molar-refractivity contribution is 6.30. The lowest BCUT2D eigenvalue weighted by molar-refractivity contribution is -0.143. The van der Waals surface area contributed by atoms with E-state index in [0.717, 1.165) is 5.56 Å². The van der Waals surface area contributed by atoms with Crippen LogP contribution in [0, 0.1) is 0 Å². The van der Waals surface area contributed by atoms with E-state index in [-0.39, 0.29) is 25.2 Å². The monoisotopic (exact) mass is 600 g/mol. The number of likely N-dealkylation sites (tertiary alicyclic amines) is 1. The topological polar surface area (TPSA) is 87.6 Å². The van der Waals surface area contributed by atoms with Crippen molar-refractivity contribution in [3.8, 4) is 0 Å². The van der Waals surface area contributed by atoms with Crippen molar-refractivity contribution in [3.63, 3.8) is 0 Å². The summed E-state index contributed by atoms with van der Waals surface area (Å²) in [6.45, 7) is 1.79. The Morgan fingerprint density at radius 1 is 1.02 bits per heavy atom. The molecule has 2 aliphatic rings. The van der Waals surface area contributed by atoms with Crippen LogP contribution in [0.1, 0.15) is 27.0 Å². The molecule has 1 atom stereocenters. The summed E-state index contributed by atoms with van der Waals surface area (Å²) in [5.74, 6) is -1.58. The average molecular weight is 601 g/mol. The number of carbonyl (C=O) groups is 2. The maximum absolute atomic E-state index is 13.2. The Morgan fingerprint density at radius 3 is 2.29 bits per heavy atom. The number of halogens is 7. The van der Waals surface area contributed by atoms with Crippen LogP contribution in [0.2, 0.25) is 5.02 Å². The first-order chi connectivity index (χ1) is 19.3. The number of hydrogen-bond donors (Lipinski definition) is 3. The summed E-state index contributed by atoms with van der Waals surface area (Å²) in [4.78, 5) is 27.4. The fraction of sp³-hybridized carbons (Fsp3) is 0.333. The zero-order chi connectivity index (χ0) is 29.8. The lowest BCUT2D eigenvalue weighted by Crippen LogP contribution is -2.59. The van der Waals surface area contributed by atoms with Gasteiger partial charge in [-0.1, -0.05) is 23.7 Å². The standard InChI is InChI=1S/C27H24ClF6N5O2/c28-21-3-1-2-16(6-21)13-39-14-22(15-39)36-12-24(40)38-23(17-4-5-35-10-17)11-37-25(41)18-7-19(26(29,30)31)9-20(8-18)27(32,33)34/h1-10,22-23,36H,11-15H2,(H-,37,38,40,41)/p+1. The third-order valence-corrected chi connectivity index (χ3v) is 6.67. The summed E-state index contributed by atoms with van der Waals surface area (Å²) in [7, 11) is 0. The second kappa shape index (κ2) is 12.5. The predicted molar refractivity (Wildman–Crippen MR) is 142 cm³/mol. The van der Waals surface area contributed by atoms with E-state index in [1.807, 2.05) is 18.2 Å². The van der Waals surface area contributed by atoms with Crippen LogP contribution in [-0.2, 0) is 23.7 Å². The third kappa shape index (κ3) is 8.43. The molecule has 0 aromatic heterocycles. The second-order valence-corrected chi connectivity index (χ2v) is 10.1. The molecule has 2 aromatic carbocycles. The fourth-order valence-corrected chi connectivity index (χ4v) is 4.56. The lowest BCUT2D eigenvalue weighted by Gasteiger charge is -2.39. The number of rotatable bonds is 10. The SMILES string of the molecule is O=C(CNC1CN(Cc2cccc(Cl)c2)C1)NC(CNC(=O)c1cc(C(F)(F)F)cc(C(F)(F)F)c1)C1=CC=[N+]=C1. The lowest BCUT2D eigenvalue weighted by atomic mass is 10.0. The first-order valence-corrected chi connectivity index (χ1v) is 12.8. The maximum Gasteiger partial charge on any atom is 0.416 e. The molecule has 1 fully saturated rings. The summed E-state index contributed by atoms with van der Waals surface area (Å²) in [6.07, 6.45) is -5.74. The van der Waals surface area contributed by atoms with E-state index in [4.69, 9.17) is 11.6 Å². The quantitative estimate of drug-likeness (QED) is 0.289. The van der Waals surface area contributed by atoms with E-state index in [0.29, 0.717) is 42.4 Å². The molecule has 218 valence electrons. The Labute approximate surface area is 236 Å². The molecule has 0 radical (unpaired) electrons. The van der Waals surface area contributed by atoms with Crippen LogP contribution in [0.5, 0.6) is 0 Å². The van der Waals surface area contributed by atoms with Crippen molar-refractivity contribution in [1.29, 1.82) is 0 Å². The molecule has 2 amide bonds. The van der Waals surface area contributed by atoms with Crippen LogP contribution in [0.4, 0.5) is 26.3 Å². The van der Waals surface area contributed by atoms with Crippen LogP contribution in [0.15, 0.2) is 54.1 Å². The predicted octanol–water partition coefficient (Wildman–Crippen LogP) is 3.22. The molecule has 7 nitrogen and oxygen atoms in total. The van der Waals surface area contributed by atoms with Crippen molar-refractivity contribution in [2.75, 3.05) is 26.2 Å². The Morgan fingerprint density at radius 2 is 1.71 bits per heavy atom. The molecule has 1 saturated heterocycles. The zero-order valence-electron chi connectivity index (χ0n) is 21.3. The summed E-state index contributed by atoms with van der Waals surface area (Å²) in [5.41, 5.74) is -2.45. The summed E-state index contributed by atoms with van der Waals surface area (Å²) >= 11 is 6.01. The van der Waals surface area contributed by atoms with E-state index in [1.54, 1.807) is 12.1 Å². The summed E-state index contributed by atoms with van der Waals surface area (Å²) < 4.78 is 82.9. The van der Waals surface area contributed by atoms with Crippen LogP contribution in [-0.4, -0.2) is 67.4 Å². The van der Waals surface area contributed by atoms with Crippen molar-refractivity contribution in [2.45, 2.75) is 31.0 Å². The minimum absolute atomic E-state index is 0.0448. The first kappa shape index (κ1) is 30.3. The van der Waals surface area contributed by atoms with Crippen LogP contribution < -0.4 is 20.6 Å². The number of allylic oxidation sites excluding steroid dienone is 1. The van der Waals surface area contributed by atoms with Gasteiger partial charge >= 0.3 is 12.4 Å². The van der Waals surface area contributed by atoms with Gasteiger partial charge < -0.3 is 16.0 Å². The van der Waals surface area contributed by atoms with Gasteiger partial charge in [0, 0.05) is 48.9 Å². The van der Waals surface area contributed by atoms with Gasteiger partial charge in [0.25, 0.3) is 18.3 Å². The highest BCUT2D eigenvalue weighted by atomic mass is 35.5. The second-order valence-electron chi connectivity index (χ2n) is 9.62. The number of amides is 2. The third-order valence-electron chi connectivity index (χ3n) is 6.43. The van der Waals surface area contributed by atoms with Gasteiger partial charge in [0.1, 0.15) is 0 Å². The van der Waals surface area contributed by atoms with Crippen LogP contribution in [0.25, 0.3) is 0 Å². The molecule has 0 saturated carbocycles. The van der Waals surface area contributed by atoms with Crippen molar-refractivity contribution in [2.24, 2.45) is 0 Å². The molecule has 2 aliphatic heterocycles. The number of nitrogens with zero attached hydrogens (tertiary/aromatic N) is 2. The van der Waals surface area contributed by atoms with Crippen molar-refractivity contribution < 1.29 is 35.9 Å². The fourth-order valence-electron chi connectivity index (χ4n) is 4.35. The largest absolute Gasteiger partial charge is 0.416 e. The average Bonchev–Trinajstić information content (AvgIpc) is 3.41. The first-order valence-electron chi connectivity index (χ1n) is 12.4. The van der Waals surface area contributed by atoms with Crippen molar-refractivity contribution >= 4 is 35.8 Å². The molecular formula is C27H25ClF6N5O2+. The van der Waals surface area contributed by atoms with Crippen molar-refractivity contribution in [3.05, 3.63) is 81.4 Å². The van der Waals surface area contributed by atoms with Gasteiger partial charge in [0.05, 0.1) is 29.3 Å². The number of hydrogen-bond acceptors (Lipinski definition) is 4.